The van der Waals surface area contributed by atoms with Crippen molar-refractivity contribution in [1.29, 1.82) is 5.26 Å². The fourth-order valence-corrected chi connectivity index (χ4v) is 1.87. The van der Waals surface area contributed by atoms with Crippen molar-refractivity contribution in [2.45, 2.75) is 0 Å². The first-order valence-electron chi connectivity index (χ1n) is 5.38. The van der Waals surface area contributed by atoms with Crippen molar-refractivity contribution < 1.29 is 4.42 Å². The lowest BCUT2D eigenvalue weighted by Crippen LogP contribution is -2.09. The van der Waals surface area contributed by atoms with Crippen LogP contribution in [0.5, 0.6) is 0 Å². The van der Waals surface area contributed by atoms with E-state index in [4.69, 9.17) is 39.2 Å². The lowest BCUT2D eigenvalue weighted by molar-refractivity contribution is 0.571. The van der Waals surface area contributed by atoms with Crippen molar-refractivity contribution >= 4 is 34.9 Å². The standard InChI is InChI=1S/C14H9ClN2OS/c15-12-4-2-1-3-11(12)13-6-5-10(18-13)7-9(8-16)14(17)19/h1-7H,(H2,17,19). The van der Waals surface area contributed by atoms with Gasteiger partial charge in [-0.3, -0.25) is 0 Å². The van der Waals surface area contributed by atoms with E-state index < -0.39 is 0 Å². The number of furan rings is 1. The van der Waals surface area contributed by atoms with Crippen LogP contribution in [0.1, 0.15) is 5.76 Å². The van der Waals surface area contributed by atoms with E-state index in [1.807, 2.05) is 24.3 Å². The maximum Gasteiger partial charge on any atom is 0.136 e. The van der Waals surface area contributed by atoms with Crippen molar-refractivity contribution in [3.05, 3.63) is 52.8 Å². The Bertz CT molecular complexity index is 697. The molecule has 0 unspecified atom stereocenters. The Morgan fingerprint density at radius 1 is 1.32 bits per heavy atom. The Labute approximate surface area is 120 Å². The maximum atomic E-state index is 8.88. The first kappa shape index (κ1) is 13.3. The van der Waals surface area contributed by atoms with Crippen LogP contribution in [0.4, 0.5) is 0 Å². The van der Waals surface area contributed by atoms with Crippen LogP contribution in [0, 0.1) is 11.3 Å². The highest BCUT2D eigenvalue weighted by molar-refractivity contribution is 7.80. The summed E-state index contributed by atoms with van der Waals surface area (Å²) in [6, 6.07) is 12.8. The molecule has 0 saturated heterocycles. The highest BCUT2D eigenvalue weighted by atomic mass is 35.5. The Morgan fingerprint density at radius 3 is 2.68 bits per heavy atom. The average molecular weight is 289 g/mol. The van der Waals surface area contributed by atoms with Crippen LogP contribution >= 0.6 is 23.8 Å². The maximum absolute atomic E-state index is 8.88. The topological polar surface area (TPSA) is 63.0 Å². The molecular weight excluding hydrogens is 280 g/mol. The lowest BCUT2D eigenvalue weighted by Gasteiger charge is -1.99. The molecule has 3 nitrogen and oxygen atoms in total. The molecule has 0 amide bonds. The number of halogens is 1. The zero-order valence-electron chi connectivity index (χ0n) is 9.76. The Hall–Kier alpha value is -2.09. The van der Waals surface area contributed by atoms with Gasteiger partial charge in [0.05, 0.1) is 10.6 Å². The second kappa shape index (κ2) is 5.70. The number of hydrogen-bond donors (Lipinski definition) is 1. The molecule has 2 rings (SSSR count). The number of rotatable bonds is 3. The second-order valence-corrected chi connectivity index (χ2v) is 4.56. The number of nitrogens with two attached hydrogens (primary N) is 1. The minimum Gasteiger partial charge on any atom is -0.457 e. The van der Waals surface area contributed by atoms with Crippen LogP contribution in [-0.2, 0) is 0 Å². The lowest BCUT2D eigenvalue weighted by atomic mass is 10.2. The number of benzene rings is 1. The van der Waals surface area contributed by atoms with Crippen LogP contribution in [0.15, 0.2) is 46.4 Å². The first-order chi connectivity index (χ1) is 9.11. The molecule has 0 spiro atoms. The molecule has 0 fully saturated rings. The average Bonchev–Trinajstić information content (AvgIpc) is 2.84. The van der Waals surface area contributed by atoms with Gasteiger partial charge in [-0.05, 0) is 24.3 Å². The van der Waals surface area contributed by atoms with Crippen LogP contribution in [0.2, 0.25) is 5.02 Å². The Balaban J connectivity index is 2.38. The summed E-state index contributed by atoms with van der Waals surface area (Å²) in [5.41, 5.74) is 6.41. The monoisotopic (exact) mass is 288 g/mol. The number of hydrogen-bond acceptors (Lipinski definition) is 3. The summed E-state index contributed by atoms with van der Waals surface area (Å²) in [6.45, 7) is 0. The van der Waals surface area contributed by atoms with Gasteiger partial charge in [0, 0.05) is 11.6 Å². The summed E-state index contributed by atoms with van der Waals surface area (Å²) < 4.78 is 5.61. The van der Waals surface area contributed by atoms with Gasteiger partial charge in [0.15, 0.2) is 0 Å². The van der Waals surface area contributed by atoms with Gasteiger partial charge in [-0.25, -0.2) is 0 Å². The molecule has 1 aromatic carbocycles. The van der Waals surface area contributed by atoms with Gasteiger partial charge in [-0.15, -0.1) is 0 Å². The molecule has 2 aromatic rings. The second-order valence-electron chi connectivity index (χ2n) is 3.72. The molecule has 0 bridgehead atoms. The van der Waals surface area contributed by atoms with Crippen molar-refractivity contribution in [1.82, 2.24) is 0 Å². The van der Waals surface area contributed by atoms with Crippen LogP contribution in [-0.4, -0.2) is 4.99 Å². The highest BCUT2D eigenvalue weighted by Gasteiger charge is 2.08. The minimum absolute atomic E-state index is 0.0400. The molecule has 1 aromatic heterocycles. The van der Waals surface area contributed by atoms with Gasteiger partial charge in [-0.2, -0.15) is 5.26 Å². The van der Waals surface area contributed by atoms with Gasteiger partial charge in [0.25, 0.3) is 0 Å². The molecule has 0 aliphatic rings. The molecule has 0 radical (unpaired) electrons. The molecule has 1 heterocycles. The fraction of sp³-hybridized carbons (Fsp3) is 0. The normalized spacial score (nSPS) is 11.1. The van der Waals surface area contributed by atoms with Gasteiger partial charge in [-0.1, -0.05) is 36.0 Å². The predicted molar refractivity (Wildman–Crippen MR) is 79.5 cm³/mol. The molecule has 5 heteroatoms. The fourth-order valence-electron chi connectivity index (χ4n) is 1.54. The molecular formula is C14H9ClN2OS. The minimum atomic E-state index is 0.0400. The van der Waals surface area contributed by atoms with E-state index in [1.165, 1.54) is 6.08 Å². The summed E-state index contributed by atoms with van der Waals surface area (Å²) in [5.74, 6) is 1.12. The quantitative estimate of drug-likeness (QED) is 0.530. The van der Waals surface area contributed by atoms with Gasteiger partial charge >= 0.3 is 0 Å². The first-order valence-corrected chi connectivity index (χ1v) is 6.17. The van der Waals surface area contributed by atoms with Crippen molar-refractivity contribution in [3.8, 4) is 17.4 Å². The zero-order valence-corrected chi connectivity index (χ0v) is 11.3. The van der Waals surface area contributed by atoms with E-state index in [2.05, 4.69) is 0 Å². The molecule has 2 N–H and O–H groups in total. The van der Waals surface area contributed by atoms with Crippen molar-refractivity contribution in [2.75, 3.05) is 0 Å². The summed E-state index contributed by atoms with van der Waals surface area (Å²) in [7, 11) is 0. The summed E-state index contributed by atoms with van der Waals surface area (Å²) in [6.07, 6.45) is 1.50. The van der Waals surface area contributed by atoms with Crippen LogP contribution in [0.25, 0.3) is 17.4 Å². The molecule has 94 valence electrons. The van der Waals surface area contributed by atoms with E-state index in [9.17, 15) is 0 Å². The third-order valence-electron chi connectivity index (χ3n) is 2.44. The third-order valence-corrected chi connectivity index (χ3v) is 2.99. The molecule has 0 aliphatic carbocycles. The largest absolute Gasteiger partial charge is 0.457 e. The number of nitrogens with zero attached hydrogens (tertiary/aromatic N) is 1. The SMILES string of the molecule is N#CC(=Cc1ccc(-c2ccccc2Cl)o1)C(N)=S. The summed E-state index contributed by atoms with van der Waals surface area (Å²) in [4.78, 5) is 0.0400. The Morgan fingerprint density at radius 2 is 2.05 bits per heavy atom. The van der Waals surface area contributed by atoms with Gasteiger partial charge < -0.3 is 10.2 Å². The van der Waals surface area contributed by atoms with Crippen molar-refractivity contribution in [2.24, 2.45) is 5.73 Å². The Kier molecular flexibility index (Phi) is 4.00. The number of nitriles is 1. The van der Waals surface area contributed by atoms with E-state index in [1.54, 1.807) is 18.2 Å². The summed E-state index contributed by atoms with van der Waals surface area (Å²) in [5, 5.41) is 9.48. The summed E-state index contributed by atoms with van der Waals surface area (Å²) >= 11 is 10.8. The molecule has 19 heavy (non-hydrogen) atoms. The van der Waals surface area contributed by atoms with E-state index in [-0.39, 0.29) is 10.6 Å². The molecule has 0 atom stereocenters. The van der Waals surface area contributed by atoms with Crippen LogP contribution in [0.3, 0.4) is 0 Å². The van der Waals surface area contributed by atoms with E-state index in [0.717, 1.165) is 5.56 Å². The highest BCUT2D eigenvalue weighted by Crippen LogP contribution is 2.29. The molecule has 0 saturated carbocycles. The molecule has 0 aliphatic heterocycles. The number of thiocarbonyl (C=S) groups is 1. The smallest absolute Gasteiger partial charge is 0.136 e. The van der Waals surface area contributed by atoms with Crippen LogP contribution < -0.4 is 5.73 Å². The zero-order chi connectivity index (χ0) is 13.8. The third kappa shape index (κ3) is 3.02. The van der Waals surface area contributed by atoms with Crippen molar-refractivity contribution in [3.63, 3.8) is 0 Å². The van der Waals surface area contributed by atoms with E-state index in [0.29, 0.717) is 16.5 Å². The predicted octanol–water partition coefficient (Wildman–Crippen LogP) is 3.79. The van der Waals surface area contributed by atoms with Gasteiger partial charge in [0.2, 0.25) is 0 Å². The van der Waals surface area contributed by atoms with Gasteiger partial charge in [0.1, 0.15) is 22.6 Å². The van der Waals surface area contributed by atoms with E-state index >= 15 is 0 Å².